The average Bonchev–Trinajstić information content (AvgIpc) is 3.54. The zero-order valence-electron chi connectivity index (χ0n) is 26.2. The molecule has 15 nitrogen and oxygen atoms in total. The second-order valence-electron chi connectivity index (χ2n) is 11.4. The zero-order valence-corrected chi connectivity index (χ0v) is 26.2. The molecule has 252 valence electrons. The van der Waals surface area contributed by atoms with E-state index in [9.17, 15) is 25.4 Å². The molecule has 2 aromatic carbocycles. The van der Waals surface area contributed by atoms with Crippen LogP contribution < -0.4 is 10.6 Å². The van der Waals surface area contributed by atoms with Crippen LogP contribution in [0.4, 0.5) is 5.69 Å². The molecule has 0 aliphatic carbocycles. The molecule has 0 spiro atoms. The fourth-order valence-electron chi connectivity index (χ4n) is 5.41. The normalized spacial score (nSPS) is 23.8. The molecule has 3 aromatic rings. The first-order valence-corrected chi connectivity index (χ1v) is 15.5. The molecule has 2 aliphatic rings. The van der Waals surface area contributed by atoms with Gasteiger partial charge in [-0.05, 0) is 40.6 Å². The lowest BCUT2D eigenvalue weighted by Gasteiger charge is -2.39. The average molecular weight is 652 g/mol. The lowest BCUT2D eigenvalue weighted by atomic mass is 9.99. The topological polar surface area (TPSA) is 196 Å². The van der Waals surface area contributed by atoms with E-state index in [4.69, 9.17) is 18.9 Å². The number of hydrogen-bond acceptors (Lipinski definition) is 13. The lowest BCUT2D eigenvalue weighted by Crippen LogP contribution is -2.58. The number of aliphatic hydroxyl groups is 3. The summed E-state index contributed by atoms with van der Waals surface area (Å²) in [6, 6.07) is 13.9. The molecule has 5 N–H and O–H groups in total. The summed E-state index contributed by atoms with van der Waals surface area (Å²) < 4.78 is 22.9. The molecule has 0 saturated carbocycles. The van der Waals surface area contributed by atoms with Gasteiger partial charge in [0.1, 0.15) is 41.8 Å². The van der Waals surface area contributed by atoms with E-state index in [1.807, 2.05) is 36.4 Å². The number of aromatic nitrogens is 3. The highest BCUT2D eigenvalue weighted by Gasteiger charge is 2.44. The van der Waals surface area contributed by atoms with Crippen molar-refractivity contribution in [1.29, 1.82) is 5.26 Å². The fourth-order valence-corrected chi connectivity index (χ4v) is 5.41. The third kappa shape index (κ3) is 9.31. The lowest BCUT2D eigenvalue weighted by molar-refractivity contribution is -0.292. The van der Waals surface area contributed by atoms with Crippen LogP contribution in [0.1, 0.15) is 11.3 Å². The zero-order chi connectivity index (χ0) is 33.2. The minimum Gasteiger partial charge on any atom is -0.388 e. The summed E-state index contributed by atoms with van der Waals surface area (Å²) in [5, 5.41) is 56.0. The van der Waals surface area contributed by atoms with E-state index in [0.29, 0.717) is 5.69 Å². The number of nitrogens with one attached hydrogen (secondary N) is 2. The first-order valence-electron chi connectivity index (χ1n) is 15.5. The van der Waals surface area contributed by atoms with Gasteiger partial charge >= 0.3 is 0 Å². The number of carbonyl (C=O) groups is 1. The van der Waals surface area contributed by atoms with Crippen molar-refractivity contribution in [3.8, 4) is 6.07 Å². The summed E-state index contributed by atoms with van der Waals surface area (Å²) in [6.45, 7) is 5.79. The van der Waals surface area contributed by atoms with Gasteiger partial charge in [-0.15, -0.1) is 5.10 Å². The van der Waals surface area contributed by atoms with Gasteiger partial charge in [-0.3, -0.25) is 9.69 Å². The van der Waals surface area contributed by atoms with Crippen LogP contribution in [0.25, 0.3) is 16.8 Å². The van der Waals surface area contributed by atoms with Crippen molar-refractivity contribution >= 4 is 28.4 Å². The number of nitriles is 1. The van der Waals surface area contributed by atoms with Crippen LogP contribution in [-0.4, -0.2) is 131 Å². The highest BCUT2D eigenvalue weighted by Crippen LogP contribution is 2.23. The molecule has 1 aromatic heterocycles. The molecule has 2 fully saturated rings. The van der Waals surface area contributed by atoms with E-state index in [-0.39, 0.29) is 31.9 Å². The quantitative estimate of drug-likeness (QED) is 0.0879. The van der Waals surface area contributed by atoms with E-state index in [1.54, 1.807) is 12.3 Å². The van der Waals surface area contributed by atoms with Crippen molar-refractivity contribution < 1.29 is 39.1 Å². The predicted molar refractivity (Wildman–Crippen MR) is 170 cm³/mol. The maximum absolute atomic E-state index is 12.7. The standard InChI is InChI=1S/C32H41N7O8/c1-44-32-30(42)29(41)28(40)27(47-32)19-39-18-26(36-37-39)20-46-11-7-35-31(43)24(17-33)15-21-2-3-23-16-25(5-4-22(23)14-21)34-6-8-38-9-12-45-13-10-38/h2-5,14-16,18,27-30,32,34,40-42H,6-13,19-20H2,1H3,(H,35,43)/b24-15+/t27-,28-,29+,30-,32+/m1/s1. The minimum absolute atomic E-state index is 0.0193. The molecule has 5 atom stereocenters. The van der Waals surface area contributed by atoms with E-state index in [0.717, 1.165) is 61.4 Å². The smallest absolute Gasteiger partial charge is 0.262 e. The van der Waals surface area contributed by atoms with Crippen LogP contribution in [0.15, 0.2) is 48.2 Å². The number of ether oxygens (including phenoxy) is 4. The van der Waals surface area contributed by atoms with Gasteiger partial charge in [0.05, 0.1) is 39.2 Å². The Morgan fingerprint density at radius 3 is 2.68 bits per heavy atom. The van der Waals surface area contributed by atoms with Crippen LogP contribution in [0, 0.1) is 11.3 Å². The molecular formula is C32H41N7O8. The highest BCUT2D eigenvalue weighted by molar-refractivity contribution is 6.02. The van der Waals surface area contributed by atoms with Crippen molar-refractivity contribution in [2.75, 3.05) is 65.0 Å². The van der Waals surface area contributed by atoms with Gasteiger partial charge in [0, 0.05) is 45.5 Å². The van der Waals surface area contributed by atoms with Crippen molar-refractivity contribution in [2.45, 2.75) is 43.9 Å². The van der Waals surface area contributed by atoms with Crippen LogP contribution in [0.3, 0.4) is 0 Å². The van der Waals surface area contributed by atoms with Crippen molar-refractivity contribution in [3.05, 3.63) is 59.4 Å². The number of fused-ring (bicyclic) bond motifs is 1. The molecular weight excluding hydrogens is 610 g/mol. The molecule has 3 heterocycles. The van der Waals surface area contributed by atoms with Gasteiger partial charge in [-0.2, -0.15) is 5.26 Å². The summed E-state index contributed by atoms with van der Waals surface area (Å²) in [4.78, 5) is 15.0. The van der Waals surface area contributed by atoms with Gasteiger partial charge in [0.25, 0.3) is 5.91 Å². The number of anilines is 1. The first-order chi connectivity index (χ1) is 22.8. The van der Waals surface area contributed by atoms with Gasteiger partial charge in [-0.1, -0.05) is 23.4 Å². The van der Waals surface area contributed by atoms with Gasteiger partial charge in [-0.25, -0.2) is 4.68 Å². The second-order valence-corrected chi connectivity index (χ2v) is 11.4. The van der Waals surface area contributed by atoms with Crippen molar-refractivity contribution in [2.24, 2.45) is 0 Å². The van der Waals surface area contributed by atoms with Crippen molar-refractivity contribution in [3.63, 3.8) is 0 Å². The maximum atomic E-state index is 12.7. The number of amides is 1. The Balaban J connectivity index is 1.04. The second kappa shape index (κ2) is 16.7. The Morgan fingerprint density at radius 1 is 1.11 bits per heavy atom. The molecule has 0 bridgehead atoms. The SMILES string of the molecule is CO[C@H]1O[C@H](Cn2cc(COCCNC(=O)/C(C#N)=C/c3ccc4cc(NCCN5CCOCC5)ccc4c3)nn2)[C@@H](O)[C@H](O)[C@H]1O. The van der Waals surface area contributed by atoms with Crippen LogP contribution in [0.2, 0.25) is 0 Å². The number of aliphatic hydroxyl groups excluding tert-OH is 3. The summed E-state index contributed by atoms with van der Waals surface area (Å²) in [6.07, 6.45) is -2.97. The summed E-state index contributed by atoms with van der Waals surface area (Å²) in [5.74, 6) is -0.505. The van der Waals surface area contributed by atoms with Crippen molar-refractivity contribution in [1.82, 2.24) is 25.2 Å². The van der Waals surface area contributed by atoms with Crippen LogP contribution >= 0.6 is 0 Å². The molecule has 2 saturated heterocycles. The Labute approximate surface area is 272 Å². The summed E-state index contributed by atoms with van der Waals surface area (Å²) >= 11 is 0. The van der Waals surface area contributed by atoms with Gasteiger partial charge in [0.2, 0.25) is 0 Å². The van der Waals surface area contributed by atoms with Gasteiger partial charge < -0.3 is 44.9 Å². The number of morpholine rings is 1. The van der Waals surface area contributed by atoms with E-state index in [1.165, 1.54) is 11.8 Å². The molecule has 2 aliphatic heterocycles. The van der Waals surface area contributed by atoms with Gasteiger partial charge in [0.15, 0.2) is 6.29 Å². The number of hydrogen-bond donors (Lipinski definition) is 5. The van der Waals surface area contributed by atoms with E-state index >= 15 is 0 Å². The first kappa shape index (κ1) is 34.4. The molecule has 1 amide bonds. The largest absolute Gasteiger partial charge is 0.388 e. The number of benzene rings is 2. The van der Waals surface area contributed by atoms with E-state index in [2.05, 4.69) is 31.9 Å². The Morgan fingerprint density at radius 2 is 1.89 bits per heavy atom. The third-order valence-corrected chi connectivity index (χ3v) is 8.04. The van der Waals surface area contributed by atoms with Crippen LogP contribution in [0.5, 0.6) is 0 Å². The van der Waals surface area contributed by atoms with Crippen LogP contribution in [-0.2, 0) is 36.9 Å². The predicted octanol–water partition coefficient (Wildman–Crippen LogP) is -0.131. The number of nitrogens with zero attached hydrogens (tertiary/aromatic N) is 5. The summed E-state index contributed by atoms with van der Waals surface area (Å²) in [5.41, 5.74) is 2.25. The molecule has 5 rings (SSSR count). The Kier molecular flexibility index (Phi) is 12.2. The highest BCUT2D eigenvalue weighted by atomic mass is 16.7. The maximum Gasteiger partial charge on any atom is 0.262 e. The Hall–Kier alpha value is -3.98. The summed E-state index contributed by atoms with van der Waals surface area (Å²) in [7, 11) is 1.33. The molecule has 0 radical (unpaired) electrons. The fraction of sp³-hybridized carbons (Fsp3) is 0.500. The molecule has 47 heavy (non-hydrogen) atoms. The minimum atomic E-state index is -1.43. The number of carbonyl (C=O) groups excluding carboxylic acids is 1. The number of methoxy groups -OCH3 is 1. The monoisotopic (exact) mass is 651 g/mol. The third-order valence-electron chi connectivity index (χ3n) is 8.04. The number of rotatable bonds is 14. The van der Waals surface area contributed by atoms with E-state index < -0.39 is 36.6 Å². The molecule has 15 heteroatoms. The Bertz CT molecular complexity index is 1550. The molecule has 0 unspecified atom stereocenters.